The van der Waals surface area contributed by atoms with Crippen LogP contribution in [-0.4, -0.2) is 14.4 Å². The smallest absolute Gasteiger partial charge is 0.299 e. The minimum Gasteiger partial charge on any atom is -0.299 e. The van der Waals surface area contributed by atoms with E-state index in [0.29, 0.717) is 0 Å². The van der Waals surface area contributed by atoms with Crippen LogP contribution in [0.25, 0.3) is 0 Å². The Morgan fingerprint density at radius 1 is 1.60 bits per heavy atom. The van der Waals surface area contributed by atoms with Gasteiger partial charge in [0.15, 0.2) is 0 Å². The van der Waals surface area contributed by atoms with Crippen LogP contribution in [0, 0.1) is 0 Å². The normalized spacial score (nSPS) is 7.80. The molecular weight excluding hydrogens is 74.8 g/mol. The van der Waals surface area contributed by atoms with Gasteiger partial charge in [-0.3, -0.25) is 13.9 Å². The molecule has 1 N–H and O–H groups in total. The minimum atomic E-state index is -2.37. The molecule has 4 heteroatoms. The van der Waals surface area contributed by atoms with Gasteiger partial charge < -0.3 is 0 Å². The Morgan fingerprint density at radius 3 is 1.80 bits per heavy atom. The molecule has 0 aromatic rings. The van der Waals surface area contributed by atoms with E-state index in [9.17, 15) is 8.63 Å². The lowest BCUT2D eigenvalue weighted by atomic mass is 10.3. The van der Waals surface area contributed by atoms with Crippen LogP contribution in [0.5, 0.6) is 0 Å². The van der Waals surface area contributed by atoms with E-state index >= 15 is 0 Å². The van der Waals surface area contributed by atoms with Gasteiger partial charge in [-0.2, -0.15) is 0 Å². The Balaban J connectivity index is 2.54. The van der Waals surface area contributed by atoms with Gasteiger partial charge >= 0.3 is 7.40 Å². The summed E-state index contributed by atoms with van der Waals surface area (Å²) >= 11 is 0. The number of rotatable bonds is 1. The second-order valence-corrected chi connectivity index (χ2v) is 0.589. The maximum atomic E-state index is 10.7. The fourth-order valence-electron chi connectivity index (χ4n) is 0. The third-order valence-corrected chi connectivity index (χ3v) is 0.218. The van der Waals surface area contributed by atoms with E-state index in [4.69, 9.17) is 0 Å². The average molecular weight is 78.9 g/mol. The molecule has 0 heterocycles. The second-order valence-electron chi connectivity index (χ2n) is 0.589. The van der Waals surface area contributed by atoms with Crippen molar-refractivity contribution >= 4 is 7.40 Å². The highest BCUT2D eigenvalue weighted by Crippen LogP contribution is 1.71. The van der Waals surface area contributed by atoms with Gasteiger partial charge in [0.25, 0.3) is 0 Å². The number of nitrogens with one attached hydrogen (secondary N) is 1. The predicted molar refractivity (Wildman–Crippen MR) is 17.0 cm³/mol. The average Bonchev–Trinajstić information content (AvgIpc) is 1.38. The highest BCUT2D eigenvalue weighted by molar-refractivity contribution is 6.39. The molecule has 0 aliphatic carbocycles. The minimum absolute atomic E-state index is 1.20. The van der Waals surface area contributed by atoms with Crippen molar-refractivity contribution in [3.05, 3.63) is 0 Å². The van der Waals surface area contributed by atoms with Gasteiger partial charge in [-0.25, -0.2) is 0 Å². The van der Waals surface area contributed by atoms with E-state index < -0.39 is 7.40 Å². The van der Waals surface area contributed by atoms with Crippen molar-refractivity contribution in [1.82, 2.24) is 5.23 Å². The van der Waals surface area contributed by atoms with Crippen LogP contribution in [0.3, 0.4) is 0 Å². The highest BCUT2D eigenvalue weighted by Gasteiger charge is 2.04. The molecule has 30 valence electrons. The zero-order valence-corrected chi connectivity index (χ0v) is 2.83. The predicted octanol–water partition coefficient (Wildman–Crippen LogP) is 0.130. The van der Waals surface area contributed by atoms with Crippen LogP contribution >= 0.6 is 0 Å². The van der Waals surface area contributed by atoms with Crippen molar-refractivity contribution in [2.24, 2.45) is 0 Å². The zero-order valence-electron chi connectivity index (χ0n) is 2.83. The van der Waals surface area contributed by atoms with Crippen molar-refractivity contribution in [2.75, 3.05) is 7.05 Å². The molecule has 0 amide bonds. The van der Waals surface area contributed by atoms with E-state index in [1.54, 1.807) is 5.23 Å². The Kier molecular flexibility index (Phi) is 2.09. The third kappa shape index (κ3) is 3.88. The molecule has 0 aliphatic rings. The molecule has 0 rings (SSSR count). The summed E-state index contributed by atoms with van der Waals surface area (Å²) in [6.45, 7) is 0. The molecule has 0 unspecified atom stereocenters. The molecule has 0 aromatic heterocycles. The molecular formula is CH4BF2N. The van der Waals surface area contributed by atoms with Gasteiger partial charge in [-0.05, 0) is 7.05 Å². The molecule has 0 bridgehead atoms. The lowest BCUT2D eigenvalue weighted by Gasteiger charge is -1.78. The number of hydrogen-bond acceptors (Lipinski definition) is 1. The standard InChI is InChI=1S/CH4BF2N/c1-5-2(3)4/h5H,1H3. The molecule has 0 saturated carbocycles. The summed E-state index contributed by atoms with van der Waals surface area (Å²) in [7, 11) is -1.17. The largest absolute Gasteiger partial charge is 0.633 e. The quantitative estimate of drug-likeness (QED) is 0.440. The topological polar surface area (TPSA) is 12.0 Å². The van der Waals surface area contributed by atoms with Gasteiger partial charge in [0.05, 0.1) is 0 Å². The van der Waals surface area contributed by atoms with E-state index in [1.165, 1.54) is 7.05 Å². The van der Waals surface area contributed by atoms with E-state index in [2.05, 4.69) is 0 Å². The fraction of sp³-hybridized carbons (Fsp3) is 1.00. The van der Waals surface area contributed by atoms with E-state index in [-0.39, 0.29) is 0 Å². The van der Waals surface area contributed by atoms with Crippen molar-refractivity contribution in [2.45, 2.75) is 0 Å². The first-order valence-corrected chi connectivity index (χ1v) is 1.23. The Labute approximate surface area is 29.6 Å². The first-order valence-electron chi connectivity index (χ1n) is 1.23. The van der Waals surface area contributed by atoms with Gasteiger partial charge in [-0.1, -0.05) is 0 Å². The van der Waals surface area contributed by atoms with Crippen molar-refractivity contribution < 1.29 is 8.63 Å². The van der Waals surface area contributed by atoms with Gasteiger partial charge in [-0.15, -0.1) is 0 Å². The molecule has 0 atom stereocenters. The summed E-state index contributed by atoms with van der Waals surface area (Å²) in [6.07, 6.45) is 0. The molecule has 0 aromatic carbocycles. The van der Waals surface area contributed by atoms with Crippen molar-refractivity contribution in [3.63, 3.8) is 0 Å². The summed E-state index contributed by atoms with van der Waals surface area (Å²) in [5.74, 6) is 0. The summed E-state index contributed by atoms with van der Waals surface area (Å²) in [5.41, 5.74) is 0. The van der Waals surface area contributed by atoms with Crippen LogP contribution in [0.4, 0.5) is 8.63 Å². The van der Waals surface area contributed by atoms with Crippen LogP contribution in [-0.2, 0) is 0 Å². The Bertz CT molecular complexity index is 23.6. The highest BCUT2D eigenvalue weighted by atomic mass is 19.2. The lowest BCUT2D eigenvalue weighted by molar-refractivity contribution is 0.632. The third-order valence-electron chi connectivity index (χ3n) is 0.218. The monoisotopic (exact) mass is 79.0 g/mol. The first kappa shape index (κ1) is 4.88. The maximum absolute atomic E-state index is 10.7. The maximum Gasteiger partial charge on any atom is 0.633 e. The summed E-state index contributed by atoms with van der Waals surface area (Å²) in [5, 5.41) is 1.69. The number of halogens is 2. The van der Waals surface area contributed by atoms with Crippen molar-refractivity contribution in [1.29, 1.82) is 0 Å². The summed E-state index contributed by atoms with van der Waals surface area (Å²) < 4.78 is 21.3. The van der Waals surface area contributed by atoms with Gasteiger partial charge in [0.2, 0.25) is 0 Å². The SMILES string of the molecule is CNB(F)F. The fourth-order valence-corrected chi connectivity index (χ4v) is 0. The van der Waals surface area contributed by atoms with E-state index in [1.807, 2.05) is 0 Å². The van der Waals surface area contributed by atoms with Gasteiger partial charge in [0.1, 0.15) is 0 Å². The zero-order chi connectivity index (χ0) is 4.28. The van der Waals surface area contributed by atoms with Crippen LogP contribution in [0.15, 0.2) is 0 Å². The van der Waals surface area contributed by atoms with Crippen LogP contribution in [0.1, 0.15) is 0 Å². The second kappa shape index (κ2) is 2.14. The first-order chi connectivity index (χ1) is 2.27. The summed E-state index contributed by atoms with van der Waals surface area (Å²) in [6, 6.07) is 0. The molecule has 1 nitrogen and oxygen atoms in total. The molecule has 0 aliphatic heterocycles. The molecule has 0 spiro atoms. The molecule has 5 heavy (non-hydrogen) atoms. The van der Waals surface area contributed by atoms with E-state index in [0.717, 1.165) is 0 Å². The Hall–Kier alpha value is -0.115. The van der Waals surface area contributed by atoms with Gasteiger partial charge in [0, 0.05) is 0 Å². The molecule has 0 saturated heterocycles. The number of hydrogen-bond donors (Lipinski definition) is 1. The van der Waals surface area contributed by atoms with Crippen molar-refractivity contribution in [3.8, 4) is 0 Å². The van der Waals surface area contributed by atoms with Crippen LogP contribution in [0.2, 0.25) is 0 Å². The Morgan fingerprint density at radius 2 is 1.80 bits per heavy atom. The summed E-state index contributed by atoms with van der Waals surface area (Å²) in [4.78, 5) is 0. The molecule has 0 radical (unpaired) electrons. The lowest BCUT2D eigenvalue weighted by Crippen LogP contribution is -2.18. The molecule has 0 fully saturated rings. The van der Waals surface area contributed by atoms with Crippen LogP contribution < -0.4 is 5.23 Å².